The highest BCUT2D eigenvalue weighted by Gasteiger charge is 2.20. The molecule has 0 fully saturated rings. The van der Waals surface area contributed by atoms with Crippen LogP contribution in [-0.4, -0.2) is 0 Å². The molecule has 0 aliphatic heterocycles. The van der Waals surface area contributed by atoms with Gasteiger partial charge in [0.2, 0.25) is 0 Å². The van der Waals surface area contributed by atoms with Gasteiger partial charge in [0.1, 0.15) is 11.2 Å². The van der Waals surface area contributed by atoms with Crippen LogP contribution in [-0.2, 0) is 0 Å². The summed E-state index contributed by atoms with van der Waals surface area (Å²) in [5.41, 5.74) is 6.68. The summed E-state index contributed by atoms with van der Waals surface area (Å²) in [4.78, 5) is 0. The summed E-state index contributed by atoms with van der Waals surface area (Å²) in [6, 6.07) is 45.0. The Morgan fingerprint density at radius 3 is 1.79 bits per heavy atom. The Balaban J connectivity index is 1.54. The van der Waals surface area contributed by atoms with Crippen molar-refractivity contribution in [3.8, 4) is 22.3 Å². The predicted molar refractivity (Wildman–Crippen MR) is 162 cm³/mol. The van der Waals surface area contributed by atoms with E-state index in [0.29, 0.717) is 0 Å². The number of fused-ring (bicyclic) bond motifs is 6. The minimum absolute atomic E-state index is 0.750. The van der Waals surface area contributed by atoms with E-state index in [-0.39, 0.29) is 0 Å². The summed E-state index contributed by atoms with van der Waals surface area (Å²) in [6.07, 6.45) is 0. The van der Waals surface area contributed by atoms with Crippen molar-refractivity contribution in [3.05, 3.63) is 132 Å². The van der Waals surface area contributed by atoms with Crippen LogP contribution in [0.5, 0.6) is 0 Å². The SMILES string of the molecule is Clc1ccc2ccc(-c3c4ccccc4c(-c4cccc5oc6ccccc6c45)c4ccccc34)cc2c1. The molecule has 1 heterocycles. The van der Waals surface area contributed by atoms with Gasteiger partial charge in [-0.3, -0.25) is 0 Å². The molecule has 0 saturated carbocycles. The molecule has 0 aliphatic carbocycles. The zero-order valence-corrected chi connectivity index (χ0v) is 21.2. The molecular formula is C36H21ClO. The maximum absolute atomic E-state index is 6.37. The third kappa shape index (κ3) is 3.13. The van der Waals surface area contributed by atoms with Gasteiger partial charge in [-0.05, 0) is 84.9 Å². The molecule has 0 bridgehead atoms. The molecule has 8 aromatic rings. The lowest BCUT2D eigenvalue weighted by Gasteiger charge is -2.18. The number of hydrogen-bond donors (Lipinski definition) is 0. The van der Waals surface area contributed by atoms with Crippen LogP contribution in [0.15, 0.2) is 132 Å². The Morgan fingerprint density at radius 1 is 0.447 bits per heavy atom. The number of furan rings is 1. The van der Waals surface area contributed by atoms with Crippen LogP contribution >= 0.6 is 11.6 Å². The van der Waals surface area contributed by atoms with Gasteiger partial charge in [-0.2, -0.15) is 0 Å². The van der Waals surface area contributed by atoms with Crippen molar-refractivity contribution in [2.24, 2.45) is 0 Å². The largest absolute Gasteiger partial charge is 0.456 e. The van der Waals surface area contributed by atoms with Crippen LogP contribution in [0.1, 0.15) is 0 Å². The Bertz CT molecular complexity index is 2150. The van der Waals surface area contributed by atoms with E-state index in [4.69, 9.17) is 16.0 Å². The zero-order chi connectivity index (χ0) is 25.2. The van der Waals surface area contributed by atoms with Gasteiger partial charge in [0, 0.05) is 15.8 Å². The summed E-state index contributed by atoms with van der Waals surface area (Å²) in [6.45, 7) is 0. The van der Waals surface area contributed by atoms with E-state index in [1.54, 1.807) is 0 Å². The van der Waals surface area contributed by atoms with E-state index >= 15 is 0 Å². The highest BCUT2D eigenvalue weighted by Crippen LogP contribution is 2.47. The maximum atomic E-state index is 6.37. The topological polar surface area (TPSA) is 13.1 Å². The first-order valence-corrected chi connectivity index (χ1v) is 13.2. The molecule has 0 unspecified atom stereocenters. The van der Waals surface area contributed by atoms with Crippen LogP contribution in [0.25, 0.3) is 76.5 Å². The van der Waals surface area contributed by atoms with Crippen LogP contribution in [0, 0.1) is 0 Å². The van der Waals surface area contributed by atoms with Crippen molar-refractivity contribution in [1.29, 1.82) is 0 Å². The molecule has 38 heavy (non-hydrogen) atoms. The first-order valence-electron chi connectivity index (χ1n) is 12.8. The van der Waals surface area contributed by atoms with Crippen molar-refractivity contribution < 1.29 is 4.42 Å². The summed E-state index contributed by atoms with van der Waals surface area (Å²) in [5, 5.41) is 10.3. The zero-order valence-electron chi connectivity index (χ0n) is 20.4. The van der Waals surface area contributed by atoms with Crippen molar-refractivity contribution >= 4 is 65.9 Å². The van der Waals surface area contributed by atoms with Gasteiger partial charge in [0.15, 0.2) is 0 Å². The number of halogens is 1. The molecule has 0 radical (unpaired) electrons. The highest BCUT2D eigenvalue weighted by molar-refractivity contribution is 6.31. The normalized spacial score (nSPS) is 11.8. The van der Waals surface area contributed by atoms with Gasteiger partial charge in [-0.15, -0.1) is 0 Å². The highest BCUT2D eigenvalue weighted by atomic mass is 35.5. The van der Waals surface area contributed by atoms with Gasteiger partial charge in [0.25, 0.3) is 0 Å². The second-order valence-electron chi connectivity index (χ2n) is 9.82. The van der Waals surface area contributed by atoms with Crippen LogP contribution < -0.4 is 0 Å². The van der Waals surface area contributed by atoms with Crippen molar-refractivity contribution in [2.45, 2.75) is 0 Å². The number of rotatable bonds is 2. The first kappa shape index (κ1) is 21.5. The molecule has 2 heteroatoms. The monoisotopic (exact) mass is 504 g/mol. The summed E-state index contributed by atoms with van der Waals surface area (Å²) >= 11 is 6.37. The molecule has 0 aliphatic rings. The van der Waals surface area contributed by atoms with Gasteiger partial charge in [0.05, 0.1) is 0 Å². The standard InChI is InChI=1S/C36H21ClO/c37-25-19-18-22-16-17-23(20-24(22)21-25)34-26-8-1-3-10-28(26)35(29-11-4-2-9-27(29)34)31-13-7-15-33-36(31)30-12-5-6-14-32(30)38-33/h1-21H. The Labute approximate surface area is 224 Å². The summed E-state index contributed by atoms with van der Waals surface area (Å²) in [5.74, 6) is 0. The number of hydrogen-bond acceptors (Lipinski definition) is 1. The molecule has 0 atom stereocenters. The fraction of sp³-hybridized carbons (Fsp3) is 0. The van der Waals surface area contributed by atoms with E-state index in [1.807, 2.05) is 24.3 Å². The van der Waals surface area contributed by atoms with E-state index in [1.165, 1.54) is 49.2 Å². The molecule has 8 rings (SSSR count). The molecule has 7 aromatic carbocycles. The quantitative estimate of drug-likeness (QED) is 0.213. The average Bonchev–Trinajstić information content (AvgIpc) is 3.34. The second kappa shape index (κ2) is 8.21. The molecule has 178 valence electrons. The van der Waals surface area contributed by atoms with Gasteiger partial charge < -0.3 is 4.42 Å². The molecule has 0 spiro atoms. The molecule has 0 amide bonds. The van der Waals surface area contributed by atoms with E-state index in [2.05, 4.69) is 103 Å². The Hall–Kier alpha value is -4.59. The van der Waals surface area contributed by atoms with Crippen molar-refractivity contribution in [1.82, 2.24) is 0 Å². The fourth-order valence-corrected chi connectivity index (χ4v) is 6.27. The lowest BCUT2D eigenvalue weighted by atomic mass is 9.84. The third-order valence-electron chi connectivity index (χ3n) is 7.69. The van der Waals surface area contributed by atoms with Crippen molar-refractivity contribution in [3.63, 3.8) is 0 Å². The van der Waals surface area contributed by atoms with Gasteiger partial charge in [-0.1, -0.05) is 109 Å². The lowest BCUT2D eigenvalue weighted by Crippen LogP contribution is -1.91. The summed E-state index contributed by atoms with van der Waals surface area (Å²) in [7, 11) is 0. The Morgan fingerprint density at radius 2 is 1.05 bits per heavy atom. The van der Waals surface area contributed by atoms with E-state index in [0.717, 1.165) is 32.3 Å². The van der Waals surface area contributed by atoms with Gasteiger partial charge >= 0.3 is 0 Å². The molecule has 0 saturated heterocycles. The van der Waals surface area contributed by atoms with Crippen LogP contribution in [0.3, 0.4) is 0 Å². The maximum Gasteiger partial charge on any atom is 0.136 e. The first-order chi connectivity index (χ1) is 18.8. The van der Waals surface area contributed by atoms with E-state index in [9.17, 15) is 0 Å². The smallest absolute Gasteiger partial charge is 0.136 e. The summed E-state index contributed by atoms with van der Waals surface area (Å²) < 4.78 is 6.27. The lowest BCUT2D eigenvalue weighted by molar-refractivity contribution is 0.669. The molecule has 1 aromatic heterocycles. The molecule has 1 nitrogen and oxygen atoms in total. The molecule has 0 N–H and O–H groups in total. The van der Waals surface area contributed by atoms with Crippen molar-refractivity contribution in [2.75, 3.05) is 0 Å². The second-order valence-corrected chi connectivity index (χ2v) is 10.3. The molecular weight excluding hydrogens is 484 g/mol. The minimum Gasteiger partial charge on any atom is -0.456 e. The predicted octanol–water partition coefficient (Wildman–Crippen LogP) is 11.0. The minimum atomic E-state index is 0.750. The number of para-hydroxylation sites is 1. The van der Waals surface area contributed by atoms with E-state index < -0.39 is 0 Å². The van der Waals surface area contributed by atoms with Crippen LogP contribution in [0.4, 0.5) is 0 Å². The fourth-order valence-electron chi connectivity index (χ4n) is 6.09. The third-order valence-corrected chi connectivity index (χ3v) is 7.93. The van der Waals surface area contributed by atoms with Gasteiger partial charge in [-0.25, -0.2) is 0 Å². The average molecular weight is 505 g/mol. The Kier molecular flexibility index (Phi) is 4.64. The number of benzene rings is 7. The van der Waals surface area contributed by atoms with Crippen LogP contribution in [0.2, 0.25) is 5.02 Å².